The maximum Gasteiger partial charge on any atom is 0.182 e. The quantitative estimate of drug-likeness (QED) is 0.587. The molecule has 1 aromatic carbocycles. The van der Waals surface area contributed by atoms with Crippen molar-refractivity contribution in [3.05, 3.63) is 17.7 Å². The highest BCUT2D eigenvalue weighted by molar-refractivity contribution is 7.98. The average molecular weight is 339 g/mol. The Bertz CT molecular complexity index is 543. The summed E-state index contributed by atoms with van der Waals surface area (Å²) < 4.78 is 16.2. The molecule has 5 nitrogen and oxygen atoms in total. The molecule has 128 valence electrons. The summed E-state index contributed by atoms with van der Waals surface area (Å²) in [6.07, 6.45) is 1.96. The summed E-state index contributed by atoms with van der Waals surface area (Å²) >= 11 is 1.54. The molecular weight excluding hydrogens is 314 g/mol. The number of carbonyl (C=O) groups excluding carboxylic acids is 1. The van der Waals surface area contributed by atoms with E-state index in [0.29, 0.717) is 30.3 Å². The second kappa shape index (κ2) is 7.55. The van der Waals surface area contributed by atoms with E-state index < -0.39 is 5.54 Å². The molecule has 0 N–H and O–H groups in total. The van der Waals surface area contributed by atoms with Gasteiger partial charge in [-0.3, -0.25) is 9.69 Å². The molecule has 0 unspecified atom stereocenters. The van der Waals surface area contributed by atoms with Crippen molar-refractivity contribution in [1.82, 2.24) is 4.90 Å². The summed E-state index contributed by atoms with van der Waals surface area (Å²) in [6.45, 7) is 6.80. The summed E-state index contributed by atoms with van der Waals surface area (Å²) in [5, 5.41) is 0. The zero-order chi connectivity index (χ0) is 17.0. The van der Waals surface area contributed by atoms with Gasteiger partial charge >= 0.3 is 0 Å². The lowest BCUT2D eigenvalue weighted by Gasteiger charge is -2.39. The summed E-state index contributed by atoms with van der Waals surface area (Å²) in [5.74, 6) is 1.33. The van der Waals surface area contributed by atoms with Gasteiger partial charge in [0.15, 0.2) is 17.3 Å². The van der Waals surface area contributed by atoms with Gasteiger partial charge in [-0.15, -0.1) is 11.8 Å². The van der Waals surface area contributed by atoms with Gasteiger partial charge in [-0.05, 0) is 32.2 Å². The maximum absolute atomic E-state index is 13.1. The first-order valence-corrected chi connectivity index (χ1v) is 8.85. The van der Waals surface area contributed by atoms with Crippen LogP contribution in [0.2, 0.25) is 0 Å². The first-order valence-electron chi connectivity index (χ1n) is 7.63. The molecule has 0 aromatic heterocycles. The van der Waals surface area contributed by atoms with Crippen LogP contribution in [0, 0.1) is 0 Å². The van der Waals surface area contributed by atoms with E-state index in [1.165, 1.54) is 11.8 Å². The number of hydrogen-bond donors (Lipinski definition) is 0. The molecule has 1 aliphatic heterocycles. The van der Waals surface area contributed by atoms with Crippen LogP contribution >= 0.6 is 11.8 Å². The van der Waals surface area contributed by atoms with Crippen molar-refractivity contribution in [2.45, 2.75) is 24.3 Å². The molecule has 1 heterocycles. The third-order valence-corrected chi connectivity index (χ3v) is 5.03. The number of carbonyl (C=O) groups is 1. The molecule has 6 heteroatoms. The molecule has 0 atom stereocenters. The van der Waals surface area contributed by atoms with Crippen LogP contribution in [0.15, 0.2) is 17.0 Å². The highest BCUT2D eigenvalue weighted by atomic mass is 32.2. The van der Waals surface area contributed by atoms with Gasteiger partial charge in [0.2, 0.25) is 0 Å². The fourth-order valence-corrected chi connectivity index (χ4v) is 3.45. The summed E-state index contributed by atoms with van der Waals surface area (Å²) in [7, 11) is 3.19. The Hall–Kier alpha value is -1.24. The largest absolute Gasteiger partial charge is 0.493 e. The molecular formula is C17H25NO4S. The van der Waals surface area contributed by atoms with Gasteiger partial charge in [-0.2, -0.15) is 0 Å². The molecule has 1 aliphatic rings. The zero-order valence-corrected chi connectivity index (χ0v) is 15.3. The van der Waals surface area contributed by atoms with Crippen LogP contribution < -0.4 is 9.47 Å². The van der Waals surface area contributed by atoms with E-state index in [4.69, 9.17) is 14.2 Å². The van der Waals surface area contributed by atoms with E-state index in [1.54, 1.807) is 20.3 Å². The van der Waals surface area contributed by atoms with Crippen molar-refractivity contribution in [3.8, 4) is 11.5 Å². The van der Waals surface area contributed by atoms with E-state index in [2.05, 4.69) is 4.90 Å². The van der Waals surface area contributed by atoms with Gasteiger partial charge in [-0.1, -0.05) is 0 Å². The molecule has 0 aliphatic carbocycles. The number of nitrogens with zero attached hydrogens (tertiary/aromatic N) is 1. The van der Waals surface area contributed by atoms with Crippen molar-refractivity contribution < 1.29 is 19.0 Å². The zero-order valence-electron chi connectivity index (χ0n) is 14.5. The van der Waals surface area contributed by atoms with Crippen molar-refractivity contribution >= 4 is 17.5 Å². The summed E-state index contributed by atoms with van der Waals surface area (Å²) in [5.41, 5.74) is 0.0579. The number of ketones is 1. The highest BCUT2D eigenvalue weighted by Gasteiger charge is 2.36. The molecule has 0 radical (unpaired) electrons. The van der Waals surface area contributed by atoms with Gasteiger partial charge in [0.05, 0.1) is 37.9 Å². The fourth-order valence-electron chi connectivity index (χ4n) is 2.83. The number of ether oxygens (including phenoxy) is 3. The Morgan fingerprint density at radius 2 is 1.87 bits per heavy atom. The lowest BCUT2D eigenvalue weighted by atomic mass is 9.90. The van der Waals surface area contributed by atoms with Gasteiger partial charge in [0.25, 0.3) is 0 Å². The van der Waals surface area contributed by atoms with Crippen molar-refractivity contribution in [3.63, 3.8) is 0 Å². The predicted molar refractivity (Wildman–Crippen MR) is 92.1 cm³/mol. The molecule has 0 bridgehead atoms. The van der Waals surface area contributed by atoms with E-state index in [1.807, 2.05) is 26.2 Å². The molecule has 1 saturated heterocycles. The predicted octanol–water partition coefficient (Wildman–Crippen LogP) is 2.72. The number of benzene rings is 1. The van der Waals surface area contributed by atoms with Crippen LogP contribution in [0.5, 0.6) is 11.5 Å². The molecule has 0 spiro atoms. The first kappa shape index (κ1) is 18.1. The van der Waals surface area contributed by atoms with Gasteiger partial charge in [0.1, 0.15) is 0 Å². The van der Waals surface area contributed by atoms with Gasteiger partial charge < -0.3 is 14.2 Å². The third-order valence-electron chi connectivity index (χ3n) is 4.28. The summed E-state index contributed by atoms with van der Waals surface area (Å²) in [6, 6.07) is 3.65. The third kappa shape index (κ3) is 3.65. The number of methoxy groups -OCH3 is 2. The topological polar surface area (TPSA) is 48.0 Å². The molecule has 1 aromatic rings. The van der Waals surface area contributed by atoms with Crippen LogP contribution in [0.4, 0.5) is 0 Å². The Morgan fingerprint density at radius 3 is 2.39 bits per heavy atom. The van der Waals surface area contributed by atoms with E-state index in [9.17, 15) is 4.79 Å². The number of rotatable bonds is 6. The molecule has 0 amide bonds. The van der Waals surface area contributed by atoms with E-state index in [-0.39, 0.29) is 5.78 Å². The Labute approximate surface area is 142 Å². The SMILES string of the molecule is COc1cc(C(=O)C(C)(C)N2CCOCC2)cc(SC)c1OC. The van der Waals surface area contributed by atoms with Gasteiger partial charge in [0, 0.05) is 18.7 Å². The number of thioether (sulfide) groups is 1. The normalized spacial score (nSPS) is 16.2. The van der Waals surface area contributed by atoms with Crippen LogP contribution in [-0.2, 0) is 4.74 Å². The Kier molecular flexibility index (Phi) is 5.95. The standard InChI is InChI=1S/C17H25NO4S/c1-17(2,18-6-8-22-9-7-18)16(19)12-10-13(20-3)15(21-4)14(11-12)23-5/h10-11H,6-9H2,1-5H3. The van der Waals surface area contributed by atoms with Crippen LogP contribution in [0.1, 0.15) is 24.2 Å². The van der Waals surface area contributed by atoms with Crippen molar-refractivity contribution in [2.24, 2.45) is 0 Å². The van der Waals surface area contributed by atoms with E-state index in [0.717, 1.165) is 18.0 Å². The molecule has 1 fully saturated rings. The second-order valence-electron chi connectivity index (χ2n) is 5.90. The minimum Gasteiger partial charge on any atom is -0.493 e. The lowest BCUT2D eigenvalue weighted by molar-refractivity contribution is -0.00431. The maximum atomic E-state index is 13.1. The van der Waals surface area contributed by atoms with Crippen LogP contribution in [0.3, 0.4) is 0 Å². The second-order valence-corrected chi connectivity index (χ2v) is 6.75. The van der Waals surface area contributed by atoms with E-state index >= 15 is 0 Å². The lowest BCUT2D eigenvalue weighted by Crippen LogP contribution is -2.54. The molecule has 0 saturated carbocycles. The number of morpholine rings is 1. The van der Waals surface area contributed by atoms with Crippen molar-refractivity contribution in [2.75, 3.05) is 46.8 Å². The highest BCUT2D eigenvalue weighted by Crippen LogP contribution is 2.39. The van der Waals surface area contributed by atoms with Crippen molar-refractivity contribution in [1.29, 1.82) is 0 Å². The molecule has 23 heavy (non-hydrogen) atoms. The average Bonchev–Trinajstić information content (AvgIpc) is 2.60. The van der Waals surface area contributed by atoms with Crippen LogP contribution in [0.25, 0.3) is 0 Å². The first-order chi connectivity index (χ1) is 11.0. The number of Topliss-reactive ketones (excluding diaryl/α,β-unsaturated/α-hetero) is 1. The monoisotopic (exact) mass is 339 g/mol. The smallest absolute Gasteiger partial charge is 0.182 e. The summed E-state index contributed by atoms with van der Waals surface area (Å²) in [4.78, 5) is 16.2. The minimum absolute atomic E-state index is 0.0793. The minimum atomic E-state index is -0.584. The Morgan fingerprint density at radius 1 is 1.22 bits per heavy atom. The Balaban J connectivity index is 2.38. The van der Waals surface area contributed by atoms with Crippen LogP contribution in [-0.4, -0.2) is 63.0 Å². The number of hydrogen-bond acceptors (Lipinski definition) is 6. The fraction of sp³-hybridized carbons (Fsp3) is 0.588. The van der Waals surface area contributed by atoms with Gasteiger partial charge in [-0.25, -0.2) is 0 Å². The molecule has 2 rings (SSSR count).